The SMILES string of the molecule is CCOC(=O)/C=C/n1nnc(-c2cccc(F)c2)n1. The first-order valence-electron chi connectivity index (χ1n) is 5.59. The third-order valence-electron chi connectivity index (χ3n) is 2.14. The molecular formula is C12H11FN4O2. The largest absolute Gasteiger partial charge is 0.463 e. The number of hydrogen-bond acceptors (Lipinski definition) is 5. The molecule has 6 nitrogen and oxygen atoms in total. The minimum absolute atomic E-state index is 0.271. The van der Waals surface area contributed by atoms with E-state index in [9.17, 15) is 9.18 Å². The first-order valence-corrected chi connectivity index (χ1v) is 5.59. The van der Waals surface area contributed by atoms with E-state index in [1.165, 1.54) is 24.4 Å². The Morgan fingerprint density at radius 3 is 3.11 bits per heavy atom. The van der Waals surface area contributed by atoms with Gasteiger partial charge < -0.3 is 4.74 Å². The Balaban J connectivity index is 2.13. The van der Waals surface area contributed by atoms with Gasteiger partial charge in [-0.25, -0.2) is 9.18 Å². The fourth-order valence-corrected chi connectivity index (χ4v) is 1.35. The third-order valence-corrected chi connectivity index (χ3v) is 2.14. The average Bonchev–Trinajstić information content (AvgIpc) is 2.85. The quantitative estimate of drug-likeness (QED) is 0.617. The van der Waals surface area contributed by atoms with Crippen LogP contribution in [0.2, 0.25) is 0 Å². The van der Waals surface area contributed by atoms with Crippen molar-refractivity contribution in [2.24, 2.45) is 0 Å². The predicted octanol–water partition coefficient (Wildman–Crippen LogP) is 1.51. The molecule has 0 fully saturated rings. The van der Waals surface area contributed by atoms with Crippen LogP contribution in [0.25, 0.3) is 17.6 Å². The zero-order valence-corrected chi connectivity index (χ0v) is 10.2. The fraction of sp³-hybridized carbons (Fsp3) is 0.167. The molecule has 0 bridgehead atoms. The van der Waals surface area contributed by atoms with E-state index in [1.807, 2.05) is 0 Å². The summed E-state index contributed by atoms with van der Waals surface area (Å²) >= 11 is 0. The zero-order valence-electron chi connectivity index (χ0n) is 10.2. The Bertz CT molecular complexity index is 609. The molecule has 0 amide bonds. The molecule has 2 rings (SSSR count). The van der Waals surface area contributed by atoms with Crippen LogP contribution in [0.3, 0.4) is 0 Å². The first-order chi connectivity index (χ1) is 9.19. The van der Waals surface area contributed by atoms with Gasteiger partial charge in [0, 0.05) is 11.6 Å². The highest BCUT2D eigenvalue weighted by Gasteiger charge is 2.05. The van der Waals surface area contributed by atoms with Gasteiger partial charge in [0.25, 0.3) is 0 Å². The molecule has 2 aromatic rings. The van der Waals surface area contributed by atoms with Crippen LogP contribution in [0.4, 0.5) is 4.39 Å². The molecule has 19 heavy (non-hydrogen) atoms. The molecular weight excluding hydrogens is 251 g/mol. The van der Waals surface area contributed by atoms with Crippen molar-refractivity contribution in [1.29, 1.82) is 0 Å². The number of aromatic nitrogens is 4. The molecule has 0 saturated carbocycles. The molecule has 0 spiro atoms. The zero-order chi connectivity index (χ0) is 13.7. The molecule has 1 aromatic carbocycles. The van der Waals surface area contributed by atoms with E-state index < -0.39 is 5.97 Å². The van der Waals surface area contributed by atoms with Gasteiger partial charge in [-0.3, -0.25) is 0 Å². The first kappa shape index (κ1) is 12.9. The van der Waals surface area contributed by atoms with Gasteiger partial charge in [-0.1, -0.05) is 12.1 Å². The maximum Gasteiger partial charge on any atom is 0.332 e. The van der Waals surface area contributed by atoms with Crippen LogP contribution in [0.1, 0.15) is 6.92 Å². The molecule has 0 atom stereocenters. The summed E-state index contributed by atoms with van der Waals surface area (Å²) in [5, 5.41) is 11.5. The maximum atomic E-state index is 13.0. The summed E-state index contributed by atoms with van der Waals surface area (Å²) in [6.45, 7) is 2.00. The summed E-state index contributed by atoms with van der Waals surface area (Å²) in [4.78, 5) is 12.2. The van der Waals surface area contributed by atoms with Crippen LogP contribution in [0.15, 0.2) is 30.3 Å². The molecule has 0 unspecified atom stereocenters. The highest BCUT2D eigenvalue weighted by molar-refractivity contribution is 5.84. The monoisotopic (exact) mass is 262 g/mol. The maximum absolute atomic E-state index is 13.0. The number of esters is 1. The molecule has 1 aromatic heterocycles. The van der Waals surface area contributed by atoms with Crippen molar-refractivity contribution < 1.29 is 13.9 Å². The summed E-state index contributed by atoms with van der Waals surface area (Å²) in [6.07, 6.45) is 2.49. The standard InChI is InChI=1S/C12H11FN4O2/c1-2-19-11(18)6-7-17-15-12(14-16-17)9-4-3-5-10(13)8-9/h3-8H,2H2,1H3/b7-6+. The van der Waals surface area contributed by atoms with Crippen molar-refractivity contribution in [1.82, 2.24) is 20.2 Å². The minimum Gasteiger partial charge on any atom is -0.463 e. The van der Waals surface area contributed by atoms with Crippen molar-refractivity contribution in [3.05, 3.63) is 36.2 Å². The lowest BCUT2D eigenvalue weighted by Gasteiger charge is -1.94. The van der Waals surface area contributed by atoms with Crippen molar-refractivity contribution in [2.75, 3.05) is 6.61 Å². The summed E-state index contributed by atoms with van der Waals surface area (Å²) in [5.74, 6) is -0.601. The third kappa shape index (κ3) is 3.44. The number of ether oxygens (including phenoxy) is 1. The Morgan fingerprint density at radius 1 is 1.53 bits per heavy atom. The van der Waals surface area contributed by atoms with E-state index in [4.69, 9.17) is 4.74 Å². The number of carbonyl (C=O) groups is 1. The minimum atomic E-state index is -0.493. The van der Waals surface area contributed by atoms with Crippen LogP contribution >= 0.6 is 0 Å². The van der Waals surface area contributed by atoms with Gasteiger partial charge in [-0.15, -0.1) is 15.0 Å². The molecule has 7 heteroatoms. The van der Waals surface area contributed by atoms with E-state index >= 15 is 0 Å². The lowest BCUT2D eigenvalue weighted by atomic mass is 10.2. The van der Waals surface area contributed by atoms with E-state index in [0.717, 1.165) is 4.80 Å². The van der Waals surface area contributed by atoms with Gasteiger partial charge in [0.05, 0.1) is 12.8 Å². The number of hydrogen-bond donors (Lipinski definition) is 0. The average molecular weight is 262 g/mol. The summed E-state index contributed by atoms with van der Waals surface area (Å²) in [6, 6.07) is 5.85. The molecule has 0 radical (unpaired) electrons. The number of halogens is 1. The molecule has 1 heterocycles. The normalized spacial score (nSPS) is 10.8. The molecule has 98 valence electrons. The summed E-state index contributed by atoms with van der Waals surface area (Å²) < 4.78 is 17.7. The van der Waals surface area contributed by atoms with Crippen LogP contribution in [-0.2, 0) is 9.53 Å². The van der Waals surface area contributed by atoms with Gasteiger partial charge in [0.2, 0.25) is 5.82 Å². The van der Waals surface area contributed by atoms with Crippen LogP contribution in [-0.4, -0.2) is 32.8 Å². The Kier molecular flexibility index (Phi) is 3.97. The van der Waals surface area contributed by atoms with Gasteiger partial charge in [-0.05, 0) is 24.3 Å². The highest BCUT2D eigenvalue weighted by atomic mass is 19.1. The number of nitrogens with zero attached hydrogens (tertiary/aromatic N) is 4. The van der Waals surface area contributed by atoms with Crippen LogP contribution < -0.4 is 0 Å². The van der Waals surface area contributed by atoms with Gasteiger partial charge >= 0.3 is 5.97 Å². The lowest BCUT2D eigenvalue weighted by molar-refractivity contribution is -0.137. The molecule has 0 aliphatic heterocycles. The Hall–Kier alpha value is -2.57. The topological polar surface area (TPSA) is 69.9 Å². The van der Waals surface area contributed by atoms with Crippen molar-refractivity contribution in [2.45, 2.75) is 6.92 Å². The molecule has 0 N–H and O–H groups in total. The second-order valence-corrected chi connectivity index (χ2v) is 3.51. The van der Waals surface area contributed by atoms with E-state index in [0.29, 0.717) is 12.2 Å². The highest BCUT2D eigenvalue weighted by Crippen LogP contribution is 2.14. The van der Waals surface area contributed by atoms with Crippen LogP contribution in [0.5, 0.6) is 0 Å². The van der Waals surface area contributed by atoms with Gasteiger partial charge in [0.15, 0.2) is 0 Å². The lowest BCUT2D eigenvalue weighted by Crippen LogP contribution is -2.01. The second kappa shape index (κ2) is 5.85. The van der Waals surface area contributed by atoms with Crippen molar-refractivity contribution in [3.8, 4) is 11.4 Å². The summed E-state index contributed by atoms with van der Waals surface area (Å²) in [5.41, 5.74) is 0.510. The number of benzene rings is 1. The fourth-order valence-electron chi connectivity index (χ4n) is 1.35. The molecule has 0 aliphatic carbocycles. The van der Waals surface area contributed by atoms with Crippen molar-refractivity contribution >= 4 is 12.2 Å². The predicted molar refractivity (Wildman–Crippen MR) is 65.2 cm³/mol. The van der Waals surface area contributed by atoms with E-state index in [2.05, 4.69) is 15.4 Å². The van der Waals surface area contributed by atoms with E-state index in [1.54, 1.807) is 19.1 Å². The summed E-state index contributed by atoms with van der Waals surface area (Å²) in [7, 11) is 0. The second-order valence-electron chi connectivity index (χ2n) is 3.51. The molecule has 0 aliphatic rings. The Morgan fingerprint density at radius 2 is 2.37 bits per heavy atom. The number of rotatable bonds is 4. The number of carbonyl (C=O) groups excluding carboxylic acids is 1. The van der Waals surface area contributed by atoms with Crippen molar-refractivity contribution in [3.63, 3.8) is 0 Å². The molecule has 0 saturated heterocycles. The van der Waals surface area contributed by atoms with Gasteiger partial charge in [0.1, 0.15) is 5.82 Å². The van der Waals surface area contributed by atoms with E-state index in [-0.39, 0.29) is 11.6 Å². The number of tetrazole rings is 1. The van der Waals surface area contributed by atoms with Gasteiger partial charge in [-0.2, -0.15) is 0 Å². The Labute approximate surface area is 108 Å². The van der Waals surface area contributed by atoms with Crippen LogP contribution in [0, 0.1) is 5.82 Å². The smallest absolute Gasteiger partial charge is 0.332 e.